The third-order valence-electron chi connectivity index (χ3n) is 5.28. The summed E-state index contributed by atoms with van der Waals surface area (Å²) in [4.78, 5) is 28.6. The second-order valence-electron chi connectivity index (χ2n) is 7.04. The first-order chi connectivity index (χ1) is 14.1. The molecule has 0 spiro atoms. The van der Waals surface area contributed by atoms with E-state index in [1.165, 1.54) is 0 Å². The van der Waals surface area contributed by atoms with E-state index >= 15 is 0 Å². The second kappa shape index (κ2) is 8.17. The van der Waals surface area contributed by atoms with Gasteiger partial charge in [-0.05, 0) is 42.0 Å². The molecule has 29 heavy (non-hydrogen) atoms. The summed E-state index contributed by atoms with van der Waals surface area (Å²) in [5.74, 6) is 0.825. The zero-order chi connectivity index (χ0) is 20.4. The zero-order valence-electron chi connectivity index (χ0n) is 16.2. The number of piperazine rings is 1. The maximum absolute atomic E-state index is 12.2. The number of hydrogen-bond acceptors (Lipinski definition) is 6. The first kappa shape index (κ1) is 19.3. The Labute approximate surface area is 174 Å². The SMILES string of the molecule is COc1ccc(N2CCN(c3c(NCc4cccc(Cl)c4)c(=O)c3=O)CC2)cc1. The van der Waals surface area contributed by atoms with Gasteiger partial charge in [-0.2, -0.15) is 0 Å². The third-order valence-corrected chi connectivity index (χ3v) is 5.51. The summed E-state index contributed by atoms with van der Waals surface area (Å²) in [5.41, 5.74) is 2.14. The molecule has 1 saturated heterocycles. The Balaban J connectivity index is 1.41. The molecule has 7 heteroatoms. The van der Waals surface area contributed by atoms with Crippen molar-refractivity contribution >= 4 is 28.7 Å². The highest BCUT2D eigenvalue weighted by Crippen LogP contribution is 2.25. The molecule has 0 amide bonds. The highest BCUT2D eigenvalue weighted by atomic mass is 35.5. The Hall–Kier alpha value is -2.99. The van der Waals surface area contributed by atoms with E-state index in [2.05, 4.69) is 10.2 Å². The number of hydrogen-bond donors (Lipinski definition) is 1. The minimum absolute atomic E-state index is 0.406. The highest BCUT2D eigenvalue weighted by molar-refractivity contribution is 6.30. The van der Waals surface area contributed by atoms with Gasteiger partial charge in [0.15, 0.2) is 0 Å². The van der Waals surface area contributed by atoms with Crippen molar-refractivity contribution in [2.45, 2.75) is 6.54 Å². The van der Waals surface area contributed by atoms with Gasteiger partial charge in [-0.1, -0.05) is 23.7 Å². The van der Waals surface area contributed by atoms with Crippen molar-refractivity contribution in [3.05, 3.63) is 79.6 Å². The molecule has 3 aromatic rings. The molecule has 0 atom stereocenters. The van der Waals surface area contributed by atoms with E-state index in [0.29, 0.717) is 36.0 Å². The number of methoxy groups -OCH3 is 1. The smallest absolute Gasteiger partial charge is 0.253 e. The van der Waals surface area contributed by atoms with Crippen molar-refractivity contribution in [2.75, 3.05) is 48.4 Å². The van der Waals surface area contributed by atoms with Gasteiger partial charge in [0, 0.05) is 43.4 Å². The zero-order valence-corrected chi connectivity index (χ0v) is 16.9. The van der Waals surface area contributed by atoms with Crippen LogP contribution in [-0.4, -0.2) is 33.3 Å². The van der Waals surface area contributed by atoms with Crippen molar-refractivity contribution in [1.29, 1.82) is 0 Å². The van der Waals surface area contributed by atoms with Gasteiger partial charge in [0.05, 0.1) is 7.11 Å². The van der Waals surface area contributed by atoms with Crippen LogP contribution in [0, 0.1) is 0 Å². The summed E-state index contributed by atoms with van der Waals surface area (Å²) in [5, 5.41) is 3.77. The Morgan fingerprint density at radius 2 is 1.66 bits per heavy atom. The maximum Gasteiger partial charge on any atom is 0.253 e. The topological polar surface area (TPSA) is 61.9 Å². The molecule has 0 aromatic heterocycles. The van der Waals surface area contributed by atoms with Crippen LogP contribution in [0.5, 0.6) is 5.75 Å². The molecular formula is C22H22ClN3O3. The molecule has 0 radical (unpaired) electrons. The van der Waals surface area contributed by atoms with Crippen molar-refractivity contribution in [2.24, 2.45) is 0 Å². The van der Waals surface area contributed by atoms with Crippen LogP contribution in [0.25, 0.3) is 0 Å². The molecule has 3 aromatic carbocycles. The third kappa shape index (κ3) is 3.93. The van der Waals surface area contributed by atoms with Gasteiger partial charge in [0.2, 0.25) is 0 Å². The first-order valence-electron chi connectivity index (χ1n) is 9.52. The molecule has 1 aliphatic heterocycles. The number of halogens is 1. The number of nitrogens with zero attached hydrogens (tertiary/aromatic N) is 2. The standard InChI is InChI=1S/C22H22ClN3O3/c1-29-18-7-5-17(6-8-18)25-9-11-26(12-10-25)20-19(21(27)22(20)28)24-14-15-3-2-4-16(23)13-15/h2-8,13,24H,9-12,14H2,1H3. The van der Waals surface area contributed by atoms with Gasteiger partial charge >= 0.3 is 0 Å². The van der Waals surface area contributed by atoms with Crippen LogP contribution in [0.2, 0.25) is 5.02 Å². The lowest BCUT2D eigenvalue weighted by Gasteiger charge is -2.38. The Bertz CT molecular complexity index is 1070. The predicted octanol–water partition coefficient (Wildman–Crippen LogP) is 2.88. The Morgan fingerprint density at radius 3 is 2.31 bits per heavy atom. The number of nitrogens with one attached hydrogen (secondary N) is 1. The van der Waals surface area contributed by atoms with Gasteiger partial charge in [0.1, 0.15) is 17.1 Å². The minimum Gasteiger partial charge on any atom is -0.497 e. The molecule has 1 fully saturated rings. The molecule has 0 saturated carbocycles. The van der Waals surface area contributed by atoms with Crippen LogP contribution < -0.4 is 30.7 Å². The average Bonchev–Trinajstić information content (AvgIpc) is 2.76. The summed E-state index contributed by atoms with van der Waals surface area (Å²) in [6.45, 7) is 3.37. The molecule has 150 valence electrons. The lowest BCUT2D eigenvalue weighted by Crippen LogP contribution is -2.51. The molecule has 0 unspecified atom stereocenters. The first-order valence-corrected chi connectivity index (χ1v) is 9.90. The molecule has 1 aliphatic rings. The number of anilines is 3. The summed E-state index contributed by atoms with van der Waals surface area (Å²) in [6.07, 6.45) is 0. The minimum atomic E-state index is -0.445. The molecular weight excluding hydrogens is 390 g/mol. The van der Waals surface area contributed by atoms with Crippen LogP contribution in [0.15, 0.2) is 58.1 Å². The average molecular weight is 412 g/mol. The van der Waals surface area contributed by atoms with Crippen molar-refractivity contribution in [3.63, 3.8) is 0 Å². The van der Waals surface area contributed by atoms with Gasteiger partial charge in [-0.3, -0.25) is 9.59 Å². The summed E-state index contributed by atoms with van der Waals surface area (Å²) < 4.78 is 5.21. The summed E-state index contributed by atoms with van der Waals surface area (Å²) >= 11 is 6.01. The van der Waals surface area contributed by atoms with Crippen molar-refractivity contribution in [1.82, 2.24) is 0 Å². The van der Waals surface area contributed by atoms with E-state index in [1.54, 1.807) is 13.2 Å². The van der Waals surface area contributed by atoms with Crippen LogP contribution in [0.1, 0.15) is 5.56 Å². The summed E-state index contributed by atoms with van der Waals surface area (Å²) in [6, 6.07) is 15.4. The van der Waals surface area contributed by atoms with Crippen molar-refractivity contribution in [3.8, 4) is 5.75 Å². The van der Waals surface area contributed by atoms with E-state index in [9.17, 15) is 9.59 Å². The van der Waals surface area contributed by atoms with Crippen LogP contribution in [0.3, 0.4) is 0 Å². The van der Waals surface area contributed by atoms with Crippen LogP contribution in [-0.2, 0) is 6.54 Å². The van der Waals surface area contributed by atoms with Crippen molar-refractivity contribution < 1.29 is 4.74 Å². The fourth-order valence-electron chi connectivity index (χ4n) is 3.66. The second-order valence-corrected chi connectivity index (χ2v) is 7.47. The monoisotopic (exact) mass is 411 g/mol. The van der Waals surface area contributed by atoms with E-state index in [1.807, 2.05) is 47.4 Å². The van der Waals surface area contributed by atoms with Gasteiger partial charge in [-0.15, -0.1) is 0 Å². The molecule has 0 bridgehead atoms. The Morgan fingerprint density at radius 1 is 0.966 bits per heavy atom. The normalized spacial score (nSPS) is 14.3. The number of ether oxygens (including phenoxy) is 1. The fourth-order valence-corrected chi connectivity index (χ4v) is 3.88. The number of rotatable bonds is 6. The quantitative estimate of drug-likeness (QED) is 0.629. The van der Waals surface area contributed by atoms with E-state index in [4.69, 9.17) is 16.3 Å². The van der Waals surface area contributed by atoms with E-state index in [-0.39, 0.29) is 0 Å². The largest absolute Gasteiger partial charge is 0.497 e. The van der Waals surface area contributed by atoms with E-state index in [0.717, 1.165) is 30.1 Å². The van der Waals surface area contributed by atoms with Gasteiger partial charge in [-0.25, -0.2) is 0 Å². The predicted molar refractivity (Wildman–Crippen MR) is 118 cm³/mol. The summed E-state index contributed by atoms with van der Waals surface area (Å²) in [7, 11) is 1.65. The highest BCUT2D eigenvalue weighted by Gasteiger charge is 2.28. The fraction of sp³-hybridized carbons (Fsp3) is 0.273. The molecule has 6 nitrogen and oxygen atoms in total. The van der Waals surface area contributed by atoms with Crippen LogP contribution >= 0.6 is 11.6 Å². The lowest BCUT2D eigenvalue weighted by molar-refractivity contribution is 0.415. The molecule has 1 heterocycles. The maximum atomic E-state index is 12.2. The Kier molecular flexibility index (Phi) is 5.45. The molecule has 4 rings (SSSR count). The van der Waals surface area contributed by atoms with Crippen LogP contribution in [0.4, 0.5) is 17.1 Å². The molecule has 0 aliphatic carbocycles. The molecule has 1 N–H and O–H groups in total. The number of benzene rings is 2. The lowest BCUT2D eigenvalue weighted by atomic mass is 10.1. The van der Waals surface area contributed by atoms with Gasteiger partial charge < -0.3 is 19.9 Å². The van der Waals surface area contributed by atoms with Gasteiger partial charge in [0.25, 0.3) is 10.9 Å². The van der Waals surface area contributed by atoms with E-state index < -0.39 is 10.9 Å².